The molecule has 0 radical (unpaired) electrons. The standard InChI is InChI=1S/C68H46N2O2/c1-43-21-9-11-27-47(43)53-33-17-35-55-57-37-19-39-61(67(57)71-65(53)55)69(45-23-5-3-6-24-45)63-41-59-50-30-14-16-32-52(50)64(42-60(59)49-29-13-15-31-51(49)63)70(46-25-7-4-8-26-46)62-40-20-38-58-56-36-18-34-54(66(56)72-68(58)62)48-28-12-10-22-44(48)2/h3-42H,1-2H3. The van der Waals surface area contributed by atoms with E-state index in [1.54, 1.807) is 0 Å². The molecule has 0 fully saturated rings. The Kier molecular flexibility index (Phi) is 9.62. The first kappa shape index (κ1) is 41.6. The monoisotopic (exact) mass is 922 g/mol. The van der Waals surface area contributed by atoms with Crippen LogP contribution in [0.1, 0.15) is 11.1 Å². The molecule has 340 valence electrons. The Balaban J connectivity index is 1.03. The maximum absolute atomic E-state index is 7.17. The molecule has 14 aromatic rings. The highest BCUT2D eigenvalue weighted by Crippen LogP contribution is 2.51. The van der Waals surface area contributed by atoms with Crippen molar-refractivity contribution < 1.29 is 8.83 Å². The van der Waals surface area contributed by atoms with Crippen LogP contribution in [0.5, 0.6) is 0 Å². The lowest BCUT2D eigenvalue weighted by Crippen LogP contribution is -2.12. The third-order valence-electron chi connectivity index (χ3n) is 14.7. The third-order valence-corrected chi connectivity index (χ3v) is 14.7. The third kappa shape index (κ3) is 6.46. The van der Waals surface area contributed by atoms with Crippen molar-refractivity contribution in [1.29, 1.82) is 0 Å². The molecule has 0 spiro atoms. The van der Waals surface area contributed by atoms with E-state index in [0.717, 1.165) is 121 Å². The number of hydrogen-bond acceptors (Lipinski definition) is 4. The Morgan fingerprint density at radius 3 is 0.972 bits per heavy atom. The predicted molar refractivity (Wildman–Crippen MR) is 303 cm³/mol. The zero-order chi connectivity index (χ0) is 47.9. The molecule has 0 aliphatic heterocycles. The Morgan fingerprint density at radius 1 is 0.236 bits per heavy atom. The van der Waals surface area contributed by atoms with Crippen molar-refractivity contribution in [3.8, 4) is 22.3 Å². The minimum Gasteiger partial charge on any atom is -0.453 e. The molecule has 0 aliphatic carbocycles. The second-order valence-corrected chi connectivity index (χ2v) is 18.8. The van der Waals surface area contributed by atoms with Gasteiger partial charge in [-0.3, -0.25) is 0 Å². The largest absolute Gasteiger partial charge is 0.453 e. The van der Waals surface area contributed by atoms with Gasteiger partial charge in [-0.25, -0.2) is 0 Å². The number of nitrogens with zero attached hydrogens (tertiary/aromatic N) is 2. The molecule has 0 saturated carbocycles. The number of benzene rings is 12. The molecule has 0 aliphatic rings. The smallest absolute Gasteiger partial charge is 0.159 e. The Labute approximate surface area is 416 Å². The highest BCUT2D eigenvalue weighted by Gasteiger charge is 2.27. The second-order valence-electron chi connectivity index (χ2n) is 18.8. The summed E-state index contributed by atoms with van der Waals surface area (Å²) < 4.78 is 14.3. The van der Waals surface area contributed by atoms with Gasteiger partial charge < -0.3 is 18.6 Å². The van der Waals surface area contributed by atoms with E-state index < -0.39 is 0 Å². The van der Waals surface area contributed by atoms with Crippen molar-refractivity contribution in [3.63, 3.8) is 0 Å². The fraction of sp³-hybridized carbons (Fsp3) is 0.0294. The van der Waals surface area contributed by atoms with Crippen LogP contribution >= 0.6 is 0 Å². The Bertz CT molecular complexity index is 4150. The van der Waals surface area contributed by atoms with E-state index in [1.165, 1.54) is 22.3 Å². The van der Waals surface area contributed by atoms with Crippen molar-refractivity contribution in [3.05, 3.63) is 254 Å². The van der Waals surface area contributed by atoms with Gasteiger partial charge in [0.1, 0.15) is 11.2 Å². The fourth-order valence-electron chi connectivity index (χ4n) is 11.4. The number of fused-ring (bicyclic) bond motifs is 11. The quantitative estimate of drug-likeness (QED) is 0.142. The van der Waals surface area contributed by atoms with Gasteiger partial charge in [-0.15, -0.1) is 0 Å². The van der Waals surface area contributed by atoms with Crippen molar-refractivity contribution in [2.45, 2.75) is 13.8 Å². The zero-order valence-electron chi connectivity index (χ0n) is 39.8. The molecular formula is C68H46N2O2. The molecular weight excluding hydrogens is 877 g/mol. The van der Waals surface area contributed by atoms with Crippen LogP contribution in [0.2, 0.25) is 0 Å². The molecule has 0 atom stereocenters. The molecule has 0 N–H and O–H groups in total. The molecule has 12 aromatic carbocycles. The van der Waals surface area contributed by atoms with Gasteiger partial charge in [-0.2, -0.15) is 0 Å². The molecule has 0 amide bonds. The summed E-state index contributed by atoms with van der Waals surface area (Å²) in [4.78, 5) is 4.79. The van der Waals surface area contributed by atoms with Crippen molar-refractivity contribution in [1.82, 2.24) is 0 Å². The van der Waals surface area contributed by atoms with Gasteiger partial charge >= 0.3 is 0 Å². The normalized spacial score (nSPS) is 11.8. The number of hydrogen-bond donors (Lipinski definition) is 0. The molecule has 4 nitrogen and oxygen atoms in total. The van der Waals surface area contributed by atoms with Crippen LogP contribution in [0.15, 0.2) is 251 Å². The Hall–Kier alpha value is -9.38. The molecule has 72 heavy (non-hydrogen) atoms. The average Bonchev–Trinajstić information content (AvgIpc) is 4.02. The lowest BCUT2D eigenvalue weighted by molar-refractivity contribution is 0.670. The summed E-state index contributed by atoms with van der Waals surface area (Å²) >= 11 is 0. The average molecular weight is 923 g/mol. The van der Waals surface area contributed by atoms with Crippen LogP contribution in [-0.2, 0) is 0 Å². The summed E-state index contributed by atoms with van der Waals surface area (Å²) in [6, 6.07) is 87.2. The van der Waals surface area contributed by atoms with Crippen LogP contribution in [0.4, 0.5) is 34.1 Å². The number of anilines is 6. The molecule has 0 bridgehead atoms. The summed E-state index contributed by atoms with van der Waals surface area (Å²) in [7, 11) is 0. The minimum atomic E-state index is 0.839. The van der Waals surface area contributed by atoms with Crippen LogP contribution in [-0.4, -0.2) is 0 Å². The number of rotatable bonds is 8. The van der Waals surface area contributed by atoms with E-state index >= 15 is 0 Å². The minimum absolute atomic E-state index is 0.839. The molecule has 2 heterocycles. The number of aryl methyl sites for hydroxylation is 2. The number of para-hydroxylation sites is 6. The van der Waals surface area contributed by atoms with Gasteiger partial charge in [0.15, 0.2) is 11.2 Å². The van der Waals surface area contributed by atoms with E-state index in [0.29, 0.717) is 0 Å². The van der Waals surface area contributed by atoms with Crippen LogP contribution < -0.4 is 9.80 Å². The van der Waals surface area contributed by atoms with Crippen LogP contribution in [0.3, 0.4) is 0 Å². The Morgan fingerprint density at radius 2 is 0.556 bits per heavy atom. The van der Waals surface area contributed by atoms with E-state index in [1.807, 2.05) is 0 Å². The van der Waals surface area contributed by atoms with Gasteiger partial charge in [0, 0.05) is 54.8 Å². The summed E-state index contributed by atoms with van der Waals surface area (Å²) in [6.45, 7) is 4.33. The summed E-state index contributed by atoms with van der Waals surface area (Å²) in [5, 5.41) is 11.2. The summed E-state index contributed by atoms with van der Waals surface area (Å²) in [5.41, 5.74) is 16.5. The van der Waals surface area contributed by atoms with Crippen LogP contribution in [0.25, 0.3) is 98.4 Å². The molecule has 0 saturated heterocycles. The maximum atomic E-state index is 7.17. The van der Waals surface area contributed by atoms with E-state index in [9.17, 15) is 0 Å². The number of furan rings is 2. The van der Waals surface area contributed by atoms with E-state index in [-0.39, 0.29) is 0 Å². The molecule has 0 unspecified atom stereocenters. The second kappa shape index (κ2) is 16.6. The lowest BCUT2D eigenvalue weighted by atomic mass is 9.93. The lowest BCUT2D eigenvalue weighted by Gasteiger charge is -2.29. The van der Waals surface area contributed by atoms with Gasteiger partial charge in [0.2, 0.25) is 0 Å². The van der Waals surface area contributed by atoms with Crippen molar-refractivity contribution >= 4 is 110 Å². The first-order valence-electron chi connectivity index (χ1n) is 24.7. The summed E-state index contributed by atoms with van der Waals surface area (Å²) in [6.07, 6.45) is 0. The molecule has 2 aromatic heterocycles. The summed E-state index contributed by atoms with van der Waals surface area (Å²) in [5.74, 6) is 0. The zero-order valence-corrected chi connectivity index (χ0v) is 39.8. The van der Waals surface area contributed by atoms with Gasteiger partial charge in [0.25, 0.3) is 0 Å². The maximum Gasteiger partial charge on any atom is 0.159 e. The SMILES string of the molecule is Cc1ccccc1-c1cccc2c1oc1c(N(c3ccccc3)c3cc4c5ccccc5c(N(c5ccccc5)c5cccc6c5oc5c(-c7ccccc7C)cccc56)cc4c4ccccc34)cccc12. The first-order valence-corrected chi connectivity index (χ1v) is 24.7. The first-order chi connectivity index (χ1) is 35.6. The highest BCUT2D eigenvalue weighted by molar-refractivity contribution is 6.26. The molecule has 14 rings (SSSR count). The predicted octanol–water partition coefficient (Wildman–Crippen LogP) is 19.8. The van der Waals surface area contributed by atoms with E-state index in [4.69, 9.17) is 8.83 Å². The van der Waals surface area contributed by atoms with Gasteiger partial charge in [-0.1, -0.05) is 194 Å². The van der Waals surface area contributed by atoms with E-state index in [2.05, 4.69) is 266 Å². The molecule has 4 heteroatoms. The van der Waals surface area contributed by atoms with Crippen LogP contribution in [0, 0.1) is 13.8 Å². The van der Waals surface area contributed by atoms with Gasteiger partial charge in [-0.05, 0) is 106 Å². The van der Waals surface area contributed by atoms with Gasteiger partial charge in [0.05, 0.1) is 22.7 Å². The highest BCUT2D eigenvalue weighted by atomic mass is 16.3. The topological polar surface area (TPSA) is 32.8 Å². The fourth-order valence-corrected chi connectivity index (χ4v) is 11.4. The van der Waals surface area contributed by atoms with Crippen molar-refractivity contribution in [2.75, 3.05) is 9.80 Å². The van der Waals surface area contributed by atoms with Crippen molar-refractivity contribution in [2.24, 2.45) is 0 Å².